The Balaban J connectivity index is 1.72. The Kier molecular flexibility index (Phi) is 4.63. The summed E-state index contributed by atoms with van der Waals surface area (Å²) < 4.78 is 18.1. The van der Waals surface area contributed by atoms with Gasteiger partial charge in [-0.2, -0.15) is 5.10 Å². The van der Waals surface area contributed by atoms with Gasteiger partial charge in [-0.1, -0.05) is 29.5 Å². The molecule has 28 heavy (non-hydrogen) atoms. The van der Waals surface area contributed by atoms with Gasteiger partial charge in [-0.05, 0) is 0 Å². The Morgan fingerprint density at radius 2 is 2.07 bits per heavy atom. The molecule has 1 aromatic heterocycles. The van der Waals surface area contributed by atoms with Gasteiger partial charge in [0.2, 0.25) is 12.5 Å². The van der Waals surface area contributed by atoms with Crippen molar-refractivity contribution in [2.24, 2.45) is 10.1 Å². The lowest BCUT2D eigenvalue weighted by molar-refractivity contribution is 0.171. The van der Waals surface area contributed by atoms with Crippen molar-refractivity contribution in [3.8, 4) is 34.2 Å². The van der Waals surface area contributed by atoms with E-state index < -0.39 is 0 Å². The van der Waals surface area contributed by atoms with Crippen LogP contribution in [-0.2, 0) is 0 Å². The van der Waals surface area contributed by atoms with Crippen LogP contribution in [0.5, 0.6) is 17.2 Å². The molecule has 0 aliphatic carbocycles. The number of rotatable bonds is 5. The van der Waals surface area contributed by atoms with Crippen LogP contribution in [0.1, 0.15) is 5.56 Å². The maximum Gasteiger partial charge on any atom is 0.231 e. The van der Waals surface area contributed by atoms with Crippen LogP contribution in [0.25, 0.3) is 16.9 Å². The van der Waals surface area contributed by atoms with Gasteiger partial charge in [0.05, 0.1) is 24.7 Å². The molecule has 0 saturated heterocycles. The predicted octanol–water partition coefficient (Wildman–Crippen LogP) is 2.25. The zero-order valence-electron chi connectivity index (χ0n) is 15.4. The largest absolute Gasteiger partial charge is 0.493 e. The van der Waals surface area contributed by atoms with Crippen molar-refractivity contribution in [3.05, 3.63) is 48.2 Å². The number of nitrogens with zero attached hydrogens (tertiary/aromatic N) is 5. The van der Waals surface area contributed by atoms with E-state index in [2.05, 4.69) is 32.5 Å². The van der Waals surface area contributed by atoms with E-state index in [0.29, 0.717) is 23.1 Å². The SMILES string of the molecule is C=NNC(=NC)c1ccc(-c2cnnn2-c2cc(OC)c3c(c2)OCO3)cc1. The smallest absolute Gasteiger partial charge is 0.231 e. The Hall–Kier alpha value is -3.88. The van der Waals surface area contributed by atoms with Gasteiger partial charge in [0.15, 0.2) is 11.5 Å². The van der Waals surface area contributed by atoms with E-state index in [4.69, 9.17) is 14.2 Å². The summed E-state index contributed by atoms with van der Waals surface area (Å²) >= 11 is 0. The zero-order chi connectivity index (χ0) is 19.5. The number of methoxy groups -OCH3 is 1. The first-order chi connectivity index (χ1) is 13.7. The van der Waals surface area contributed by atoms with Gasteiger partial charge in [0, 0.05) is 37.0 Å². The van der Waals surface area contributed by atoms with Crippen LogP contribution < -0.4 is 19.6 Å². The van der Waals surface area contributed by atoms with Gasteiger partial charge >= 0.3 is 0 Å². The number of hydrogen-bond acceptors (Lipinski definition) is 7. The van der Waals surface area contributed by atoms with E-state index in [-0.39, 0.29) is 6.79 Å². The summed E-state index contributed by atoms with van der Waals surface area (Å²) in [6.07, 6.45) is 1.70. The predicted molar refractivity (Wildman–Crippen MR) is 105 cm³/mol. The summed E-state index contributed by atoms with van der Waals surface area (Å²) in [5, 5.41) is 12.0. The van der Waals surface area contributed by atoms with E-state index in [1.807, 2.05) is 36.4 Å². The number of ether oxygens (including phenoxy) is 3. The molecule has 1 aliphatic heterocycles. The molecule has 2 aromatic carbocycles. The molecule has 0 amide bonds. The topological polar surface area (TPSA) is 95.2 Å². The van der Waals surface area contributed by atoms with Crippen molar-refractivity contribution in [1.82, 2.24) is 20.4 Å². The lowest BCUT2D eigenvalue weighted by atomic mass is 10.1. The Morgan fingerprint density at radius 1 is 1.25 bits per heavy atom. The number of hydrogen-bond donors (Lipinski definition) is 1. The van der Waals surface area contributed by atoms with E-state index >= 15 is 0 Å². The molecule has 1 N–H and O–H groups in total. The van der Waals surface area contributed by atoms with Crippen molar-refractivity contribution in [2.45, 2.75) is 0 Å². The molecule has 0 spiro atoms. The highest BCUT2D eigenvalue weighted by Crippen LogP contribution is 2.43. The average Bonchev–Trinajstić information content (AvgIpc) is 3.40. The van der Waals surface area contributed by atoms with Crippen LogP contribution in [0.15, 0.2) is 52.7 Å². The molecule has 3 aromatic rings. The third-order valence-corrected chi connectivity index (χ3v) is 4.30. The molecule has 9 heteroatoms. The minimum atomic E-state index is 0.162. The van der Waals surface area contributed by atoms with Crippen LogP contribution in [0.4, 0.5) is 0 Å². The maximum absolute atomic E-state index is 5.50. The average molecular weight is 378 g/mol. The molecule has 0 unspecified atom stereocenters. The molecular weight excluding hydrogens is 360 g/mol. The molecule has 142 valence electrons. The first-order valence-electron chi connectivity index (χ1n) is 8.43. The van der Waals surface area contributed by atoms with Crippen molar-refractivity contribution in [3.63, 3.8) is 0 Å². The van der Waals surface area contributed by atoms with E-state index in [1.54, 1.807) is 25.0 Å². The summed E-state index contributed by atoms with van der Waals surface area (Å²) in [5.74, 6) is 2.41. The molecule has 2 heterocycles. The summed E-state index contributed by atoms with van der Waals surface area (Å²) in [6, 6.07) is 11.5. The monoisotopic (exact) mass is 378 g/mol. The summed E-state index contributed by atoms with van der Waals surface area (Å²) in [7, 11) is 3.27. The molecule has 0 atom stereocenters. The van der Waals surface area contributed by atoms with Crippen molar-refractivity contribution >= 4 is 12.6 Å². The molecule has 0 fully saturated rings. The van der Waals surface area contributed by atoms with Crippen molar-refractivity contribution < 1.29 is 14.2 Å². The maximum atomic E-state index is 5.50. The molecule has 4 rings (SSSR count). The lowest BCUT2D eigenvalue weighted by Crippen LogP contribution is -2.18. The highest BCUT2D eigenvalue weighted by Gasteiger charge is 2.22. The van der Waals surface area contributed by atoms with Crippen LogP contribution in [0, 0.1) is 0 Å². The van der Waals surface area contributed by atoms with Gasteiger partial charge in [-0.3, -0.25) is 10.4 Å². The van der Waals surface area contributed by atoms with Crippen LogP contribution in [-0.4, -0.2) is 48.5 Å². The summed E-state index contributed by atoms with van der Waals surface area (Å²) in [4.78, 5) is 4.16. The number of hydrazone groups is 1. The third kappa shape index (κ3) is 3.02. The second kappa shape index (κ2) is 7.39. The van der Waals surface area contributed by atoms with Gasteiger partial charge in [0.1, 0.15) is 5.84 Å². The van der Waals surface area contributed by atoms with Crippen LogP contribution in [0.2, 0.25) is 0 Å². The fraction of sp³-hybridized carbons (Fsp3) is 0.158. The van der Waals surface area contributed by atoms with Crippen LogP contribution in [0.3, 0.4) is 0 Å². The number of nitrogens with one attached hydrogen (secondary N) is 1. The highest BCUT2D eigenvalue weighted by molar-refractivity contribution is 5.99. The Bertz CT molecular complexity index is 1040. The molecule has 0 radical (unpaired) electrons. The number of aliphatic imine (C=N–C) groups is 1. The molecular formula is C19H18N6O3. The minimum absolute atomic E-state index is 0.162. The lowest BCUT2D eigenvalue weighted by Gasteiger charge is -2.11. The second-order valence-corrected chi connectivity index (χ2v) is 5.83. The Labute approximate surface area is 161 Å². The summed E-state index contributed by atoms with van der Waals surface area (Å²) in [5.41, 5.74) is 6.17. The molecule has 1 aliphatic rings. The van der Waals surface area contributed by atoms with E-state index in [9.17, 15) is 0 Å². The number of amidine groups is 1. The van der Waals surface area contributed by atoms with Gasteiger partial charge in [-0.25, -0.2) is 4.68 Å². The van der Waals surface area contributed by atoms with Crippen molar-refractivity contribution in [2.75, 3.05) is 21.0 Å². The van der Waals surface area contributed by atoms with Gasteiger partial charge in [0.25, 0.3) is 0 Å². The quantitative estimate of drug-likeness (QED) is 0.416. The standard InChI is InChI=1S/C19H18N6O3/c1-20-19(23-21-2)13-6-4-12(5-7-13)15-10-22-24-25(15)14-8-16(26-3)18-17(9-14)27-11-28-18/h4-10H,2,11H2,1,3H3,(H,20,23). The number of fused-ring (bicyclic) bond motifs is 1. The highest BCUT2D eigenvalue weighted by atomic mass is 16.7. The fourth-order valence-electron chi connectivity index (χ4n) is 2.98. The third-order valence-electron chi connectivity index (χ3n) is 4.30. The molecule has 0 saturated carbocycles. The molecule has 0 bridgehead atoms. The van der Waals surface area contributed by atoms with E-state index in [0.717, 1.165) is 22.5 Å². The first kappa shape index (κ1) is 17.5. The minimum Gasteiger partial charge on any atom is -0.493 e. The normalized spacial score (nSPS) is 12.7. The second-order valence-electron chi connectivity index (χ2n) is 5.83. The zero-order valence-corrected chi connectivity index (χ0v) is 15.4. The first-order valence-corrected chi connectivity index (χ1v) is 8.43. The number of aromatic nitrogens is 3. The Morgan fingerprint density at radius 3 is 2.79 bits per heavy atom. The van der Waals surface area contributed by atoms with Gasteiger partial charge in [-0.15, -0.1) is 5.10 Å². The van der Waals surface area contributed by atoms with E-state index in [1.165, 1.54) is 0 Å². The van der Waals surface area contributed by atoms with Gasteiger partial charge < -0.3 is 14.2 Å². The van der Waals surface area contributed by atoms with Crippen molar-refractivity contribution in [1.29, 1.82) is 0 Å². The number of benzene rings is 2. The van der Waals surface area contributed by atoms with Crippen LogP contribution >= 0.6 is 0 Å². The fourth-order valence-corrected chi connectivity index (χ4v) is 2.98. The summed E-state index contributed by atoms with van der Waals surface area (Å²) in [6.45, 7) is 3.59. The molecule has 9 nitrogen and oxygen atoms in total.